The zero-order valence-corrected chi connectivity index (χ0v) is 15.0. The Balaban J connectivity index is 1.54. The van der Waals surface area contributed by atoms with Crippen LogP contribution in [0.15, 0.2) is 42.5 Å². The summed E-state index contributed by atoms with van der Waals surface area (Å²) in [5.74, 6) is -0.888. The Bertz CT molecular complexity index is 932. The summed E-state index contributed by atoms with van der Waals surface area (Å²) in [6.07, 6.45) is 1.71. The van der Waals surface area contributed by atoms with Crippen molar-refractivity contribution in [1.29, 1.82) is 0 Å². The van der Waals surface area contributed by atoms with E-state index < -0.39 is 0 Å². The predicted molar refractivity (Wildman–Crippen MR) is 99.9 cm³/mol. The monoisotopic (exact) mass is 364 g/mol. The Labute approximate surface area is 157 Å². The number of ether oxygens (including phenoxy) is 1. The van der Waals surface area contributed by atoms with E-state index in [1.165, 1.54) is 4.90 Å². The fraction of sp³-hybridized carbons (Fsp3) is 0.286. The van der Waals surface area contributed by atoms with Crippen molar-refractivity contribution in [2.45, 2.75) is 25.9 Å². The largest absolute Gasteiger partial charge is 0.376 e. The highest BCUT2D eigenvalue weighted by molar-refractivity contribution is 6.22. The molecule has 1 saturated heterocycles. The molecule has 3 amide bonds. The highest BCUT2D eigenvalue weighted by Crippen LogP contribution is 2.27. The van der Waals surface area contributed by atoms with Crippen molar-refractivity contribution < 1.29 is 19.1 Å². The predicted octanol–water partition coefficient (Wildman–Crippen LogP) is 3.02. The van der Waals surface area contributed by atoms with E-state index in [0.717, 1.165) is 18.4 Å². The molecule has 0 spiro atoms. The summed E-state index contributed by atoms with van der Waals surface area (Å²) in [5.41, 5.74) is 2.61. The summed E-state index contributed by atoms with van der Waals surface area (Å²) in [5, 5.41) is 2.81. The summed E-state index contributed by atoms with van der Waals surface area (Å²) in [6, 6.07) is 12.1. The van der Waals surface area contributed by atoms with Crippen LogP contribution < -0.4 is 5.32 Å². The van der Waals surface area contributed by atoms with E-state index in [-0.39, 0.29) is 30.4 Å². The smallest absolute Gasteiger partial charge is 0.261 e. The van der Waals surface area contributed by atoms with Crippen LogP contribution in [0, 0.1) is 6.92 Å². The van der Waals surface area contributed by atoms with Gasteiger partial charge in [-0.3, -0.25) is 19.3 Å². The molecule has 0 aliphatic carbocycles. The molecule has 0 bridgehead atoms. The second-order valence-electron chi connectivity index (χ2n) is 6.89. The standard InChI is InChI=1S/C21H20N2O4/c1-13-5-2-3-7-16(13)19(24)22-14-8-9-17-18(11-14)21(26)23(20(17)25)12-15-6-4-10-27-15/h2-3,5,7-9,11,15H,4,6,10,12H2,1H3,(H,22,24). The molecule has 2 aromatic rings. The molecule has 4 rings (SSSR count). The number of hydrogen-bond donors (Lipinski definition) is 1. The number of anilines is 1. The normalized spacial score (nSPS) is 18.7. The molecule has 6 nitrogen and oxygen atoms in total. The lowest BCUT2D eigenvalue weighted by Gasteiger charge is -2.17. The molecule has 138 valence electrons. The molecule has 1 unspecified atom stereocenters. The van der Waals surface area contributed by atoms with Gasteiger partial charge in [-0.25, -0.2) is 0 Å². The van der Waals surface area contributed by atoms with Crippen LogP contribution >= 0.6 is 0 Å². The minimum absolute atomic E-state index is 0.0903. The Morgan fingerprint density at radius 1 is 1.15 bits per heavy atom. The molecule has 1 fully saturated rings. The molecule has 6 heteroatoms. The molecule has 0 aromatic heterocycles. The van der Waals surface area contributed by atoms with Gasteiger partial charge >= 0.3 is 0 Å². The van der Waals surface area contributed by atoms with Gasteiger partial charge in [-0.1, -0.05) is 18.2 Å². The first-order valence-corrected chi connectivity index (χ1v) is 9.03. The zero-order valence-electron chi connectivity index (χ0n) is 15.0. The molecule has 1 N–H and O–H groups in total. The average Bonchev–Trinajstić information content (AvgIpc) is 3.25. The van der Waals surface area contributed by atoms with Gasteiger partial charge in [0.1, 0.15) is 0 Å². The minimum atomic E-state index is -0.336. The first-order valence-electron chi connectivity index (χ1n) is 9.03. The summed E-state index contributed by atoms with van der Waals surface area (Å²) in [6.45, 7) is 2.81. The van der Waals surface area contributed by atoms with Crippen LogP contribution in [0.25, 0.3) is 0 Å². The topological polar surface area (TPSA) is 75.7 Å². The van der Waals surface area contributed by atoms with Crippen LogP contribution in [0.1, 0.15) is 49.5 Å². The maximum atomic E-state index is 12.7. The molecule has 2 aliphatic rings. The van der Waals surface area contributed by atoms with Crippen molar-refractivity contribution in [1.82, 2.24) is 4.90 Å². The number of carbonyl (C=O) groups is 3. The van der Waals surface area contributed by atoms with Crippen molar-refractivity contribution in [2.24, 2.45) is 0 Å². The lowest BCUT2D eigenvalue weighted by molar-refractivity contribution is 0.0475. The molecule has 0 radical (unpaired) electrons. The van der Waals surface area contributed by atoms with Crippen LogP contribution in [0.3, 0.4) is 0 Å². The van der Waals surface area contributed by atoms with Crippen molar-refractivity contribution in [3.8, 4) is 0 Å². The van der Waals surface area contributed by atoms with E-state index >= 15 is 0 Å². The summed E-state index contributed by atoms with van der Waals surface area (Å²) in [4.78, 5) is 39.0. The van der Waals surface area contributed by atoms with Gasteiger partial charge < -0.3 is 10.1 Å². The second kappa shape index (κ2) is 6.96. The van der Waals surface area contributed by atoms with Crippen molar-refractivity contribution in [3.63, 3.8) is 0 Å². The highest BCUT2D eigenvalue weighted by Gasteiger charge is 2.37. The third-order valence-electron chi connectivity index (χ3n) is 5.03. The Morgan fingerprint density at radius 3 is 2.67 bits per heavy atom. The van der Waals surface area contributed by atoms with Gasteiger partial charge in [0.25, 0.3) is 17.7 Å². The van der Waals surface area contributed by atoms with E-state index in [4.69, 9.17) is 4.74 Å². The first-order chi connectivity index (χ1) is 13.0. The number of amides is 3. The number of nitrogens with zero attached hydrogens (tertiary/aromatic N) is 1. The number of aryl methyl sites for hydroxylation is 1. The van der Waals surface area contributed by atoms with Gasteiger partial charge in [0, 0.05) is 17.9 Å². The van der Waals surface area contributed by atoms with Crippen LogP contribution in [0.2, 0.25) is 0 Å². The summed E-state index contributed by atoms with van der Waals surface area (Å²) < 4.78 is 5.54. The van der Waals surface area contributed by atoms with Gasteiger partial charge in [-0.15, -0.1) is 0 Å². The van der Waals surface area contributed by atoms with E-state index in [0.29, 0.717) is 29.0 Å². The van der Waals surface area contributed by atoms with Gasteiger partial charge in [0.05, 0.1) is 23.8 Å². The summed E-state index contributed by atoms with van der Waals surface area (Å²) >= 11 is 0. The number of hydrogen-bond acceptors (Lipinski definition) is 4. The molecule has 2 aromatic carbocycles. The minimum Gasteiger partial charge on any atom is -0.376 e. The number of benzene rings is 2. The number of carbonyl (C=O) groups excluding carboxylic acids is 3. The second-order valence-corrected chi connectivity index (χ2v) is 6.89. The molecular formula is C21H20N2O4. The number of imide groups is 1. The maximum absolute atomic E-state index is 12.7. The fourth-order valence-corrected chi connectivity index (χ4v) is 3.55. The fourth-order valence-electron chi connectivity index (χ4n) is 3.55. The summed E-state index contributed by atoms with van der Waals surface area (Å²) in [7, 11) is 0. The van der Waals surface area contributed by atoms with Crippen molar-refractivity contribution >= 4 is 23.4 Å². The number of nitrogens with one attached hydrogen (secondary N) is 1. The quantitative estimate of drug-likeness (QED) is 0.846. The van der Waals surface area contributed by atoms with E-state index in [1.54, 1.807) is 30.3 Å². The molecule has 0 saturated carbocycles. The first kappa shape index (κ1) is 17.4. The Kier molecular flexibility index (Phi) is 4.49. The van der Waals surface area contributed by atoms with E-state index in [2.05, 4.69) is 5.32 Å². The Hall–Kier alpha value is -2.99. The Morgan fingerprint density at radius 2 is 1.93 bits per heavy atom. The zero-order chi connectivity index (χ0) is 19.0. The maximum Gasteiger partial charge on any atom is 0.261 e. The van der Waals surface area contributed by atoms with E-state index in [9.17, 15) is 14.4 Å². The van der Waals surface area contributed by atoms with Gasteiger partial charge in [0.15, 0.2) is 0 Å². The van der Waals surface area contributed by atoms with Crippen LogP contribution in [0.4, 0.5) is 5.69 Å². The van der Waals surface area contributed by atoms with Gasteiger partial charge in [0.2, 0.25) is 0 Å². The van der Waals surface area contributed by atoms with E-state index in [1.807, 2.05) is 19.1 Å². The lowest BCUT2D eigenvalue weighted by Crippen LogP contribution is -2.36. The molecule has 2 aliphatic heterocycles. The van der Waals surface area contributed by atoms with Crippen molar-refractivity contribution in [2.75, 3.05) is 18.5 Å². The molecule has 1 atom stereocenters. The van der Waals surface area contributed by atoms with Crippen LogP contribution in [-0.2, 0) is 4.74 Å². The van der Waals surface area contributed by atoms with Crippen LogP contribution in [0.5, 0.6) is 0 Å². The molecular weight excluding hydrogens is 344 g/mol. The lowest BCUT2D eigenvalue weighted by atomic mass is 10.1. The molecule has 2 heterocycles. The highest BCUT2D eigenvalue weighted by atomic mass is 16.5. The van der Waals surface area contributed by atoms with Gasteiger partial charge in [-0.05, 0) is 49.6 Å². The number of rotatable bonds is 4. The number of fused-ring (bicyclic) bond motifs is 1. The average molecular weight is 364 g/mol. The van der Waals surface area contributed by atoms with Gasteiger partial charge in [-0.2, -0.15) is 0 Å². The molecule has 27 heavy (non-hydrogen) atoms. The third-order valence-corrected chi connectivity index (χ3v) is 5.03. The van der Waals surface area contributed by atoms with Crippen molar-refractivity contribution in [3.05, 3.63) is 64.7 Å². The van der Waals surface area contributed by atoms with Crippen LogP contribution in [-0.4, -0.2) is 41.9 Å². The third kappa shape index (κ3) is 3.24. The SMILES string of the molecule is Cc1ccccc1C(=O)Nc1ccc2c(c1)C(=O)N(CC1CCCO1)C2=O.